The standard InChI is InChI=1S/C22H22F3N3O2/c1-12-10-13(22(23,24)25)11-18(30)19(12)20-14-6-2-3-7-15(14)21(28-27-20)26-16-8-4-5-9-17(16)29/h2-3,6-7,10-11,16-17,29-30H,4-5,8-9H2,1H3,(H,26,28). The van der Waals surface area contributed by atoms with Gasteiger partial charge in [-0.25, -0.2) is 0 Å². The SMILES string of the molecule is Cc1cc(C(F)(F)F)cc(O)c1-c1nnc(NC2CCCCC2O)c2ccccc12. The number of nitrogens with zero attached hydrogens (tertiary/aromatic N) is 2. The number of halogens is 3. The number of anilines is 1. The van der Waals surface area contributed by atoms with Gasteiger partial charge in [-0.1, -0.05) is 37.1 Å². The maximum absolute atomic E-state index is 13.1. The van der Waals surface area contributed by atoms with Gasteiger partial charge >= 0.3 is 6.18 Å². The summed E-state index contributed by atoms with van der Waals surface area (Å²) >= 11 is 0. The zero-order valence-electron chi connectivity index (χ0n) is 16.4. The molecule has 0 bridgehead atoms. The average Bonchev–Trinajstić information content (AvgIpc) is 2.70. The van der Waals surface area contributed by atoms with Crippen LogP contribution in [0, 0.1) is 6.92 Å². The van der Waals surface area contributed by atoms with Gasteiger partial charge in [0.05, 0.1) is 17.7 Å². The van der Waals surface area contributed by atoms with Gasteiger partial charge in [0.1, 0.15) is 11.4 Å². The number of alkyl halides is 3. The fourth-order valence-electron chi connectivity index (χ4n) is 4.09. The lowest BCUT2D eigenvalue weighted by Gasteiger charge is -2.29. The molecular formula is C22H22F3N3O2. The van der Waals surface area contributed by atoms with Gasteiger partial charge in [0, 0.05) is 16.3 Å². The van der Waals surface area contributed by atoms with Crippen LogP contribution in [0.5, 0.6) is 5.75 Å². The van der Waals surface area contributed by atoms with Gasteiger partial charge in [-0.15, -0.1) is 10.2 Å². The summed E-state index contributed by atoms with van der Waals surface area (Å²) in [5.41, 5.74) is -0.131. The monoisotopic (exact) mass is 417 g/mol. The number of aliphatic hydroxyl groups excluding tert-OH is 1. The molecule has 4 rings (SSSR count). The maximum Gasteiger partial charge on any atom is 0.416 e. The van der Waals surface area contributed by atoms with Crippen molar-refractivity contribution < 1.29 is 23.4 Å². The zero-order chi connectivity index (χ0) is 21.5. The fraction of sp³-hybridized carbons (Fsp3) is 0.364. The van der Waals surface area contributed by atoms with E-state index in [1.54, 1.807) is 12.1 Å². The van der Waals surface area contributed by atoms with E-state index in [0.29, 0.717) is 23.0 Å². The number of fused-ring (bicyclic) bond motifs is 1. The fourth-order valence-corrected chi connectivity index (χ4v) is 4.09. The number of nitrogens with one attached hydrogen (secondary N) is 1. The number of hydrogen-bond acceptors (Lipinski definition) is 5. The van der Waals surface area contributed by atoms with Crippen LogP contribution in [0.15, 0.2) is 36.4 Å². The van der Waals surface area contributed by atoms with Crippen molar-refractivity contribution >= 4 is 16.6 Å². The maximum atomic E-state index is 13.1. The number of aromatic hydroxyl groups is 1. The Morgan fingerprint density at radius 2 is 1.73 bits per heavy atom. The van der Waals surface area contributed by atoms with Gasteiger partial charge in [-0.2, -0.15) is 13.2 Å². The lowest BCUT2D eigenvalue weighted by Crippen LogP contribution is -2.36. The number of phenols is 1. The summed E-state index contributed by atoms with van der Waals surface area (Å²) in [5, 5.41) is 33.8. The molecule has 30 heavy (non-hydrogen) atoms. The lowest BCUT2D eigenvalue weighted by molar-refractivity contribution is -0.137. The van der Waals surface area contributed by atoms with Crippen LogP contribution >= 0.6 is 0 Å². The number of aromatic nitrogens is 2. The largest absolute Gasteiger partial charge is 0.507 e. The third-order valence-electron chi connectivity index (χ3n) is 5.62. The topological polar surface area (TPSA) is 78.3 Å². The molecule has 0 radical (unpaired) electrons. The van der Waals surface area contributed by atoms with E-state index in [0.717, 1.165) is 37.1 Å². The molecule has 2 aromatic carbocycles. The van der Waals surface area contributed by atoms with Crippen LogP contribution in [-0.4, -0.2) is 32.6 Å². The first-order chi connectivity index (χ1) is 14.3. The number of hydrogen-bond donors (Lipinski definition) is 3. The molecule has 158 valence electrons. The first-order valence-corrected chi connectivity index (χ1v) is 9.87. The van der Waals surface area contributed by atoms with Crippen LogP contribution < -0.4 is 5.32 Å². The quantitative estimate of drug-likeness (QED) is 0.556. The summed E-state index contributed by atoms with van der Waals surface area (Å²) in [6, 6.07) is 8.82. The lowest BCUT2D eigenvalue weighted by atomic mass is 9.92. The molecule has 0 aliphatic heterocycles. The third kappa shape index (κ3) is 3.79. The molecule has 1 heterocycles. The first-order valence-electron chi connectivity index (χ1n) is 9.87. The molecule has 0 spiro atoms. The van der Waals surface area contributed by atoms with Gasteiger partial charge in [-0.05, 0) is 37.5 Å². The minimum atomic E-state index is -4.55. The summed E-state index contributed by atoms with van der Waals surface area (Å²) in [7, 11) is 0. The second-order valence-corrected chi connectivity index (χ2v) is 7.73. The van der Waals surface area contributed by atoms with E-state index in [2.05, 4.69) is 15.5 Å². The van der Waals surface area contributed by atoms with E-state index < -0.39 is 23.6 Å². The van der Waals surface area contributed by atoms with Gasteiger partial charge < -0.3 is 15.5 Å². The van der Waals surface area contributed by atoms with E-state index in [1.807, 2.05) is 12.1 Å². The molecule has 2 unspecified atom stereocenters. The van der Waals surface area contributed by atoms with Gasteiger partial charge in [0.2, 0.25) is 0 Å². The highest BCUT2D eigenvalue weighted by Crippen LogP contribution is 2.41. The second-order valence-electron chi connectivity index (χ2n) is 7.73. The van der Waals surface area contributed by atoms with Crippen LogP contribution in [0.25, 0.3) is 22.0 Å². The summed E-state index contributed by atoms with van der Waals surface area (Å²) in [5.74, 6) is 0.00884. The Balaban J connectivity index is 1.81. The molecule has 8 heteroatoms. The molecule has 3 aromatic rings. The van der Waals surface area contributed by atoms with Crippen molar-refractivity contribution in [3.05, 3.63) is 47.5 Å². The zero-order valence-corrected chi connectivity index (χ0v) is 16.4. The van der Waals surface area contributed by atoms with Crippen LogP contribution in [0.3, 0.4) is 0 Å². The van der Waals surface area contributed by atoms with Crippen molar-refractivity contribution in [1.82, 2.24) is 10.2 Å². The van der Waals surface area contributed by atoms with Crippen molar-refractivity contribution in [2.45, 2.75) is 50.9 Å². The summed E-state index contributed by atoms with van der Waals surface area (Å²) in [4.78, 5) is 0. The number of phenolic OH excluding ortho intramolecular Hbond substituents is 1. The second kappa shape index (κ2) is 7.75. The Bertz CT molecular complexity index is 1060. The van der Waals surface area contributed by atoms with E-state index >= 15 is 0 Å². The minimum absolute atomic E-state index is 0.136. The predicted octanol–water partition coefficient (Wildman–Crippen LogP) is 5.05. The van der Waals surface area contributed by atoms with Crippen molar-refractivity contribution in [1.29, 1.82) is 0 Å². The molecule has 0 saturated heterocycles. The molecule has 1 aliphatic carbocycles. The van der Waals surface area contributed by atoms with Crippen molar-refractivity contribution in [2.75, 3.05) is 5.32 Å². The Hall–Kier alpha value is -2.87. The third-order valence-corrected chi connectivity index (χ3v) is 5.62. The highest BCUT2D eigenvalue weighted by atomic mass is 19.4. The highest BCUT2D eigenvalue weighted by Gasteiger charge is 2.32. The summed E-state index contributed by atoms with van der Waals surface area (Å²) < 4.78 is 39.2. The van der Waals surface area contributed by atoms with Crippen LogP contribution in [-0.2, 0) is 6.18 Å². The van der Waals surface area contributed by atoms with Crippen LogP contribution in [0.2, 0.25) is 0 Å². The molecule has 1 aromatic heterocycles. The van der Waals surface area contributed by atoms with Crippen LogP contribution in [0.4, 0.5) is 19.0 Å². The summed E-state index contributed by atoms with van der Waals surface area (Å²) in [6.45, 7) is 1.51. The van der Waals surface area contributed by atoms with Crippen molar-refractivity contribution in [3.8, 4) is 17.0 Å². The Morgan fingerprint density at radius 3 is 2.40 bits per heavy atom. The van der Waals surface area contributed by atoms with Gasteiger partial charge in [-0.3, -0.25) is 0 Å². The molecule has 0 amide bonds. The average molecular weight is 417 g/mol. The highest BCUT2D eigenvalue weighted by molar-refractivity contribution is 6.01. The molecule has 1 saturated carbocycles. The van der Waals surface area contributed by atoms with E-state index in [4.69, 9.17) is 0 Å². The molecular weight excluding hydrogens is 395 g/mol. The number of aliphatic hydroxyl groups is 1. The Labute approximate surface area is 171 Å². The van der Waals surface area contributed by atoms with Gasteiger partial charge in [0.15, 0.2) is 5.82 Å². The molecule has 1 fully saturated rings. The predicted molar refractivity (Wildman–Crippen MR) is 108 cm³/mol. The van der Waals surface area contributed by atoms with Crippen LogP contribution in [0.1, 0.15) is 36.8 Å². The smallest absolute Gasteiger partial charge is 0.416 e. The van der Waals surface area contributed by atoms with Gasteiger partial charge in [0.25, 0.3) is 0 Å². The van der Waals surface area contributed by atoms with E-state index in [-0.39, 0.29) is 17.2 Å². The minimum Gasteiger partial charge on any atom is -0.507 e. The molecule has 2 atom stereocenters. The Morgan fingerprint density at radius 1 is 1.03 bits per heavy atom. The number of aryl methyl sites for hydroxylation is 1. The van der Waals surface area contributed by atoms with Crippen molar-refractivity contribution in [3.63, 3.8) is 0 Å². The number of rotatable bonds is 3. The molecule has 1 aliphatic rings. The Kier molecular flexibility index (Phi) is 5.27. The first kappa shape index (κ1) is 20.4. The molecule has 5 nitrogen and oxygen atoms in total. The number of benzene rings is 2. The van der Waals surface area contributed by atoms with E-state index in [1.165, 1.54) is 6.92 Å². The summed E-state index contributed by atoms with van der Waals surface area (Å²) in [6.07, 6.45) is -1.49. The van der Waals surface area contributed by atoms with Crippen molar-refractivity contribution in [2.24, 2.45) is 0 Å². The van der Waals surface area contributed by atoms with E-state index in [9.17, 15) is 23.4 Å². The normalized spacial score (nSPS) is 19.8. The molecule has 3 N–H and O–H groups in total.